The summed E-state index contributed by atoms with van der Waals surface area (Å²) in [7, 11) is 0. The van der Waals surface area contributed by atoms with Gasteiger partial charge in [-0.1, -0.05) is 0 Å². The monoisotopic (exact) mass is 645 g/mol. The largest absolute Gasteiger partial charge is 0.433 e. The number of thiophene rings is 1. The van der Waals surface area contributed by atoms with Crippen LogP contribution in [0, 0.1) is 6.92 Å². The number of aryl methyl sites for hydroxylation is 2. The normalized spacial score (nSPS) is 13.9. The number of rotatable bonds is 8. The number of hydrogen-bond acceptors (Lipinski definition) is 6. The molecule has 1 fully saturated rings. The molecule has 9 nitrogen and oxygen atoms in total. The number of pyridine rings is 1. The van der Waals surface area contributed by atoms with Crippen molar-refractivity contribution in [1.29, 1.82) is 0 Å². The number of anilines is 1. The summed E-state index contributed by atoms with van der Waals surface area (Å²) in [4.78, 5) is 28.9. The van der Waals surface area contributed by atoms with E-state index in [1.54, 1.807) is 17.8 Å². The first-order valence-corrected chi connectivity index (χ1v) is 13.6. The number of alkyl halides is 5. The Kier molecular flexibility index (Phi) is 7.18. The van der Waals surface area contributed by atoms with Gasteiger partial charge in [0.15, 0.2) is 0 Å². The summed E-state index contributed by atoms with van der Waals surface area (Å²) in [6, 6.07) is 0.838. The van der Waals surface area contributed by atoms with Crippen LogP contribution in [0.3, 0.4) is 0 Å². The number of carbonyl (C=O) groups is 2. The number of hydrogen-bond donors (Lipinski definition) is 2. The summed E-state index contributed by atoms with van der Waals surface area (Å²) in [5.41, 5.74) is 5.01. The van der Waals surface area contributed by atoms with E-state index in [4.69, 9.17) is 5.73 Å². The lowest BCUT2D eigenvalue weighted by molar-refractivity contribution is -0.140. The highest BCUT2D eigenvalue weighted by Gasteiger charge is 2.36. The minimum Gasteiger partial charge on any atom is -0.365 e. The summed E-state index contributed by atoms with van der Waals surface area (Å²) in [5, 5.41) is 10.9. The Hall–Kier alpha value is -3.40. The summed E-state index contributed by atoms with van der Waals surface area (Å²) >= 11 is 3.78. The molecule has 40 heavy (non-hydrogen) atoms. The molecule has 0 spiro atoms. The average molecular weight is 646 g/mol. The van der Waals surface area contributed by atoms with Gasteiger partial charge in [0, 0.05) is 29.6 Å². The molecular weight excluding hydrogens is 625 g/mol. The lowest BCUT2D eigenvalue weighted by Gasteiger charge is -2.12. The summed E-state index contributed by atoms with van der Waals surface area (Å²) in [6.45, 7) is 3.40. The molecule has 0 unspecified atom stereocenters. The van der Waals surface area contributed by atoms with Crippen molar-refractivity contribution in [3.8, 4) is 11.1 Å². The molecule has 16 heteroatoms. The summed E-state index contributed by atoms with van der Waals surface area (Å²) in [6.07, 6.45) is -4.62. The van der Waals surface area contributed by atoms with Crippen molar-refractivity contribution >= 4 is 55.0 Å². The third-order valence-electron chi connectivity index (χ3n) is 6.42. The second-order valence-electron chi connectivity index (χ2n) is 9.25. The van der Waals surface area contributed by atoms with Gasteiger partial charge in [0.05, 0.1) is 21.5 Å². The third kappa shape index (κ3) is 5.09. The van der Waals surface area contributed by atoms with Crippen molar-refractivity contribution in [3.63, 3.8) is 0 Å². The molecular formula is C24H21BrF5N7O2S. The van der Waals surface area contributed by atoms with Gasteiger partial charge in [0.1, 0.15) is 27.6 Å². The molecule has 4 aromatic heterocycles. The van der Waals surface area contributed by atoms with E-state index in [0.29, 0.717) is 34.8 Å². The lowest BCUT2D eigenvalue weighted by atomic mass is 10.0. The number of nitrogens with two attached hydrogens (primary N) is 1. The Labute approximate surface area is 235 Å². The van der Waals surface area contributed by atoms with Gasteiger partial charge in [-0.3, -0.25) is 19.0 Å². The van der Waals surface area contributed by atoms with Gasteiger partial charge in [0.25, 0.3) is 12.3 Å². The number of aromatic nitrogens is 5. The van der Waals surface area contributed by atoms with Crippen LogP contribution in [0.1, 0.15) is 64.6 Å². The first-order chi connectivity index (χ1) is 18.8. The minimum absolute atomic E-state index is 0.0417. The number of fused-ring (bicyclic) bond motifs is 1. The molecule has 1 aliphatic rings. The van der Waals surface area contributed by atoms with Crippen LogP contribution in [-0.2, 0) is 24.1 Å². The van der Waals surface area contributed by atoms with Gasteiger partial charge in [-0.25, -0.2) is 13.8 Å². The molecule has 5 rings (SSSR count). The van der Waals surface area contributed by atoms with E-state index in [0.717, 1.165) is 18.9 Å². The van der Waals surface area contributed by atoms with Crippen LogP contribution < -0.4 is 11.1 Å². The fraction of sp³-hybridized carbons (Fsp3) is 0.375. The Morgan fingerprint density at radius 1 is 1.25 bits per heavy atom. The quantitative estimate of drug-likeness (QED) is 0.227. The fourth-order valence-electron chi connectivity index (χ4n) is 4.49. The van der Waals surface area contributed by atoms with Crippen LogP contribution in [0.15, 0.2) is 16.7 Å². The third-order valence-corrected chi connectivity index (χ3v) is 8.33. The first-order valence-electron chi connectivity index (χ1n) is 12.0. The van der Waals surface area contributed by atoms with Crippen molar-refractivity contribution in [3.05, 3.63) is 44.4 Å². The van der Waals surface area contributed by atoms with E-state index in [1.165, 1.54) is 4.68 Å². The number of halogens is 6. The number of primary amides is 1. The highest BCUT2D eigenvalue weighted by atomic mass is 79.9. The van der Waals surface area contributed by atoms with Gasteiger partial charge in [-0.05, 0) is 54.2 Å². The van der Waals surface area contributed by atoms with Gasteiger partial charge in [-0.15, -0.1) is 11.3 Å². The van der Waals surface area contributed by atoms with Gasteiger partial charge in [-0.2, -0.15) is 23.4 Å². The summed E-state index contributed by atoms with van der Waals surface area (Å²) < 4.78 is 71.2. The smallest absolute Gasteiger partial charge is 0.365 e. The number of nitrogens with one attached hydrogen (secondary N) is 1. The van der Waals surface area contributed by atoms with E-state index < -0.39 is 42.3 Å². The molecule has 0 aromatic carbocycles. The Balaban J connectivity index is 1.64. The Morgan fingerprint density at radius 3 is 2.50 bits per heavy atom. The van der Waals surface area contributed by atoms with Crippen LogP contribution in [0.5, 0.6) is 0 Å². The van der Waals surface area contributed by atoms with E-state index in [1.807, 2.05) is 6.92 Å². The standard InChI is InChI=1S/C24H21BrF5N7O2S/c1-3-36-7-12(9(2)34-36)11-6-13(24(28,29)30)32-23-15(11)17(20(40-23)22(31)39)33-14(38)8-37-19(10-4-5-10)16(25)18(35-37)21(26)27/h6-7,10,21H,3-5,8H2,1-2H3,(H2,31,39)(H,33,38). The van der Waals surface area contributed by atoms with E-state index in [9.17, 15) is 31.5 Å². The van der Waals surface area contributed by atoms with Crippen molar-refractivity contribution < 1.29 is 31.5 Å². The Bertz CT molecular complexity index is 1660. The zero-order valence-corrected chi connectivity index (χ0v) is 23.3. The molecule has 0 saturated heterocycles. The SMILES string of the molecule is CCn1cc(-c2cc(C(F)(F)F)nc3sc(C(N)=O)c(NC(=O)Cn4nc(C(F)F)c(Br)c4C4CC4)c23)c(C)n1. The fourth-order valence-corrected chi connectivity index (χ4v) is 6.27. The first kappa shape index (κ1) is 28.1. The zero-order valence-electron chi connectivity index (χ0n) is 20.9. The predicted molar refractivity (Wildman–Crippen MR) is 140 cm³/mol. The number of nitrogens with zero attached hydrogens (tertiary/aromatic N) is 5. The van der Waals surface area contributed by atoms with Gasteiger partial charge in [0.2, 0.25) is 5.91 Å². The number of amides is 2. The van der Waals surface area contributed by atoms with Crippen LogP contribution in [-0.4, -0.2) is 36.4 Å². The molecule has 0 atom stereocenters. The molecule has 4 aromatic rings. The van der Waals surface area contributed by atoms with Gasteiger partial charge < -0.3 is 11.1 Å². The van der Waals surface area contributed by atoms with Crippen LogP contribution >= 0.6 is 27.3 Å². The molecule has 2 amide bonds. The van der Waals surface area contributed by atoms with Crippen LogP contribution in [0.4, 0.5) is 27.6 Å². The number of carbonyl (C=O) groups excluding carboxylic acids is 2. The van der Waals surface area contributed by atoms with Crippen LogP contribution in [0.25, 0.3) is 21.3 Å². The van der Waals surface area contributed by atoms with E-state index in [2.05, 4.69) is 36.4 Å². The molecule has 1 aliphatic carbocycles. The highest BCUT2D eigenvalue weighted by molar-refractivity contribution is 9.10. The van der Waals surface area contributed by atoms with Crippen molar-refractivity contribution in [1.82, 2.24) is 24.5 Å². The second-order valence-corrected chi connectivity index (χ2v) is 11.0. The lowest BCUT2D eigenvalue weighted by Crippen LogP contribution is -2.22. The molecule has 0 aliphatic heterocycles. The Morgan fingerprint density at radius 2 is 1.95 bits per heavy atom. The minimum atomic E-state index is -4.80. The van der Waals surface area contributed by atoms with E-state index >= 15 is 0 Å². The van der Waals surface area contributed by atoms with Crippen LogP contribution in [0.2, 0.25) is 0 Å². The second kappa shape index (κ2) is 10.2. The molecule has 212 valence electrons. The maximum absolute atomic E-state index is 13.8. The van der Waals surface area contributed by atoms with E-state index in [-0.39, 0.29) is 36.7 Å². The molecule has 0 bridgehead atoms. The molecule has 4 heterocycles. The zero-order chi connectivity index (χ0) is 29.1. The highest BCUT2D eigenvalue weighted by Crippen LogP contribution is 2.46. The molecule has 1 saturated carbocycles. The van der Waals surface area contributed by atoms with Gasteiger partial charge >= 0.3 is 6.18 Å². The topological polar surface area (TPSA) is 121 Å². The van der Waals surface area contributed by atoms with Crippen molar-refractivity contribution in [2.24, 2.45) is 5.73 Å². The summed E-state index contributed by atoms with van der Waals surface area (Å²) in [5.74, 6) is -1.77. The average Bonchev–Trinajstić information content (AvgIpc) is 3.40. The maximum atomic E-state index is 13.8. The molecule has 0 radical (unpaired) electrons. The van der Waals surface area contributed by atoms with Crippen molar-refractivity contribution in [2.75, 3.05) is 5.32 Å². The maximum Gasteiger partial charge on any atom is 0.433 e. The molecule has 3 N–H and O–H groups in total. The predicted octanol–water partition coefficient (Wildman–Crippen LogP) is 6.02. The van der Waals surface area contributed by atoms with Crippen molar-refractivity contribution in [2.45, 2.75) is 58.3 Å².